The van der Waals surface area contributed by atoms with Crippen LogP contribution in [0.1, 0.15) is 42.9 Å². The third-order valence-corrected chi connectivity index (χ3v) is 5.07. The van der Waals surface area contributed by atoms with Crippen molar-refractivity contribution in [2.75, 3.05) is 6.26 Å². The van der Waals surface area contributed by atoms with Crippen LogP contribution in [0.3, 0.4) is 0 Å². The smallest absolute Gasteiger partial charge is 0.152 e. The summed E-state index contributed by atoms with van der Waals surface area (Å²) >= 11 is 3.83. The van der Waals surface area contributed by atoms with Gasteiger partial charge in [-0.05, 0) is 41.2 Å². The lowest BCUT2D eigenvalue weighted by Gasteiger charge is -2.16. The molecule has 0 heterocycles. The van der Waals surface area contributed by atoms with E-state index in [2.05, 4.69) is 12.1 Å². The van der Waals surface area contributed by atoms with Crippen LogP contribution in [0, 0.1) is 5.92 Å². The molecule has 0 spiro atoms. The molecule has 1 nitrogen and oxygen atoms in total. The van der Waals surface area contributed by atoms with Crippen LogP contribution >= 0.6 is 12.6 Å². The lowest BCUT2D eigenvalue weighted by molar-refractivity contribution is 0.500. The van der Waals surface area contributed by atoms with Crippen LogP contribution in [-0.2, 0) is 11.2 Å². The first-order chi connectivity index (χ1) is 8.16. The molecule has 1 aromatic carbocycles. The molecule has 1 saturated carbocycles. The molecule has 0 radical (unpaired) electrons. The van der Waals surface area contributed by atoms with E-state index in [1.54, 1.807) is 6.26 Å². The van der Waals surface area contributed by atoms with Crippen molar-refractivity contribution in [3.63, 3.8) is 0 Å². The second-order valence-electron chi connectivity index (χ2n) is 4.93. The van der Waals surface area contributed by atoms with Gasteiger partial charge in [0.25, 0.3) is 0 Å². The quantitative estimate of drug-likeness (QED) is 0.648. The van der Waals surface area contributed by atoms with E-state index in [4.69, 9.17) is 12.6 Å². The van der Waals surface area contributed by atoms with Gasteiger partial charge in [0.15, 0.2) is 4.90 Å². The summed E-state index contributed by atoms with van der Waals surface area (Å²) in [7, 11) is 0. The Morgan fingerprint density at radius 3 is 2.41 bits per heavy atom. The summed E-state index contributed by atoms with van der Waals surface area (Å²) in [5.41, 5.74) is 1.26. The SMILES string of the molecule is C[S+]([O-])c1ccc(C(S)CC2CCCC2)cc1. The molecule has 1 aliphatic rings. The van der Waals surface area contributed by atoms with E-state index in [0.29, 0.717) is 5.25 Å². The Balaban J connectivity index is 1.96. The molecule has 0 N–H and O–H groups in total. The second-order valence-corrected chi connectivity index (χ2v) is 6.93. The monoisotopic (exact) mass is 268 g/mol. The van der Waals surface area contributed by atoms with Crippen molar-refractivity contribution in [2.45, 2.75) is 42.2 Å². The Morgan fingerprint density at radius 1 is 1.29 bits per heavy atom. The van der Waals surface area contributed by atoms with Crippen molar-refractivity contribution >= 4 is 23.8 Å². The number of hydrogen-bond acceptors (Lipinski definition) is 2. The summed E-state index contributed by atoms with van der Waals surface area (Å²) in [5.74, 6) is 0.859. The maximum atomic E-state index is 11.3. The Bertz CT molecular complexity index is 342. The third kappa shape index (κ3) is 3.67. The first kappa shape index (κ1) is 13.3. The Morgan fingerprint density at radius 2 is 1.88 bits per heavy atom. The van der Waals surface area contributed by atoms with Crippen molar-refractivity contribution in [1.29, 1.82) is 0 Å². The van der Waals surface area contributed by atoms with Gasteiger partial charge in [-0.1, -0.05) is 37.8 Å². The molecule has 3 heteroatoms. The predicted molar refractivity (Wildman–Crippen MR) is 77.1 cm³/mol. The molecule has 2 atom stereocenters. The number of thiol groups is 1. The maximum Gasteiger partial charge on any atom is 0.152 e. The van der Waals surface area contributed by atoms with Crippen LogP contribution in [0.5, 0.6) is 0 Å². The van der Waals surface area contributed by atoms with E-state index >= 15 is 0 Å². The number of benzene rings is 1. The summed E-state index contributed by atoms with van der Waals surface area (Å²) in [4.78, 5) is 0.898. The van der Waals surface area contributed by atoms with Crippen molar-refractivity contribution in [3.05, 3.63) is 29.8 Å². The van der Waals surface area contributed by atoms with Gasteiger partial charge in [0, 0.05) is 5.25 Å². The average Bonchev–Trinajstić information content (AvgIpc) is 2.82. The van der Waals surface area contributed by atoms with Crippen molar-refractivity contribution in [1.82, 2.24) is 0 Å². The summed E-state index contributed by atoms with van der Waals surface area (Å²) in [5, 5.41) is 0.331. The molecule has 0 aliphatic heterocycles. The van der Waals surface area contributed by atoms with Gasteiger partial charge in [-0.15, -0.1) is 0 Å². The van der Waals surface area contributed by atoms with E-state index in [0.717, 1.165) is 10.8 Å². The summed E-state index contributed by atoms with van der Waals surface area (Å²) in [6, 6.07) is 8.07. The largest absolute Gasteiger partial charge is 0.612 e. The summed E-state index contributed by atoms with van der Waals surface area (Å²) < 4.78 is 11.3. The molecular formula is C14H20OS2. The Hall–Kier alpha value is -0.120. The topological polar surface area (TPSA) is 23.1 Å². The Labute approximate surface area is 113 Å². The van der Waals surface area contributed by atoms with E-state index < -0.39 is 11.2 Å². The molecule has 0 amide bonds. The number of hydrogen-bond donors (Lipinski definition) is 1. The highest BCUT2D eigenvalue weighted by atomic mass is 32.2. The van der Waals surface area contributed by atoms with Gasteiger partial charge in [-0.25, -0.2) is 0 Å². The van der Waals surface area contributed by atoms with Crippen molar-refractivity contribution in [3.8, 4) is 0 Å². The van der Waals surface area contributed by atoms with Gasteiger partial charge < -0.3 is 4.55 Å². The molecule has 94 valence electrons. The average molecular weight is 268 g/mol. The highest BCUT2D eigenvalue weighted by Gasteiger charge is 2.19. The molecule has 1 aliphatic carbocycles. The number of rotatable bonds is 4. The van der Waals surface area contributed by atoms with Crippen LogP contribution < -0.4 is 0 Å². The predicted octanol–water partition coefficient (Wildman–Crippen LogP) is 3.98. The minimum absolute atomic E-state index is 0.331. The lowest BCUT2D eigenvalue weighted by Crippen LogP contribution is -2.01. The molecule has 1 aromatic rings. The van der Waals surface area contributed by atoms with Gasteiger partial charge in [0.2, 0.25) is 0 Å². The zero-order valence-corrected chi connectivity index (χ0v) is 12.0. The van der Waals surface area contributed by atoms with E-state index in [9.17, 15) is 4.55 Å². The molecule has 2 rings (SSSR count). The van der Waals surface area contributed by atoms with Crippen molar-refractivity contribution < 1.29 is 4.55 Å². The molecule has 0 saturated heterocycles. The van der Waals surface area contributed by atoms with E-state index in [-0.39, 0.29) is 0 Å². The van der Waals surface area contributed by atoms with Crippen LogP contribution in [0.15, 0.2) is 29.2 Å². The van der Waals surface area contributed by atoms with Crippen LogP contribution in [0.2, 0.25) is 0 Å². The first-order valence-corrected chi connectivity index (χ1v) is 8.35. The lowest BCUT2D eigenvalue weighted by atomic mass is 9.98. The zero-order valence-electron chi connectivity index (χ0n) is 10.3. The highest BCUT2D eigenvalue weighted by Crippen LogP contribution is 2.36. The summed E-state index contributed by atoms with van der Waals surface area (Å²) in [6.07, 6.45) is 8.41. The second kappa shape index (κ2) is 6.17. The van der Waals surface area contributed by atoms with E-state index in [1.807, 2.05) is 12.1 Å². The standard InChI is InChI=1S/C14H20OS2/c1-17(15)13-8-6-12(7-9-13)14(16)10-11-4-2-3-5-11/h6-9,11,14,16H,2-5,10H2,1H3. The molecule has 17 heavy (non-hydrogen) atoms. The van der Waals surface area contributed by atoms with Crippen LogP contribution in [-0.4, -0.2) is 10.8 Å². The maximum absolute atomic E-state index is 11.3. The zero-order chi connectivity index (χ0) is 12.3. The van der Waals surface area contributed by atoms with Crippen LogP contribution in [0.4, 0.5) is 0 Å². The van der Waals surface area contributed by atoms with Gasteiger partial charge in [-0.3, -0.25) is 0 Å². The third-order valence-electron chi connectivity index (χ3n) is 3.63. The fourth-order valence-corrected chi connectivity index (χ4v) is 3.57. The van der Waals surface area contributed by atoms with Gasteiger partial charge in [-0.2, -0.15) is 12.6 Å². The van der Waals surface area contributed by atoms with Gasteiger partial charge >= 0.3 is 0 Å². The molecule has 0 bridgehead atoms. The van der Waals surface area contributed by atoms with Crippen molar-refractivity contribution in [2.24, 2.45) is 5.92 Å². The first-order valence-electron chi connectivity index (χ1n) is 6.28. The fourth-order valence-electron chi connectivity index (χ4n) is 2.58. The van der Waals surface area contributed by atoms with E-state index in [1.165, 1.54) is 37.7 Å². The minimum Gasteiger partial charge on any atom is -0.612 e. The minimum atomic E-state index is -0.879. The highest BCUT2D eigenvalue weighted by molar-refractivity contribution is 7.90. The fraction of sp³-hybridized carbons (Fsp3) is 0.571. The van der Waals surface area contributed by atoms with Gasteiger partial charge in [0.05, 0.1) is 0 Å². The van der Waals surface area contributed by atoms with Crippen LogP contribution in [0.25, 0.3) is 0 Å². The van der Waals surface area contributed by atoms with Gasteiger partial charge in [0.1, 0.15) is 6.26 Å². The Kier molecular flexibility index (Phi) is 4.83. The molecule has 2 unspecified atom stereocenters. The normalized spacial score (nSPS) is 20.4. The summed E-state index contributed by atoms with van der Waals surface area (Å²) in [6.45, 7) is 0. The molecule has 1 fully saturated rings. The molecular weight excluding hydrogens is 248 g/mol. The molecule has 0 aromatic heterocycles.